The Morgan fingerprint density at radius 1 is 1.02 bits per heavy atom. The summed E-state index contributed by atoms with van der Waals surface area (Å²) in [7, 11) is 5.15. The number of piperazine rings is 1. The lowest BCUT2D eigenvalue weighted by Gasteiger charge is -2.35. The van der Waals surface area contributed by atoms with Crippen LogP contribution in [0.1, 0.15) is 13.3 Å². The van der Waals surface area contributed by atoms with Crippen LogP contribution in [-0.4, -0.2) is 90.6 Å². The molecule has 9 nitrogen and oxygen atoms in total. The predicted molar refractivity (Wildman–Crippen MR) is 160 cm³/mol. The number of phenolic OH excluding ortho intramolecular Hbond substituents is 1. The van der Waals surface area contributed by atoms with Crippen molar-refractivity contribution in [3.63, 3.8) is 0 Å². The van der Waals surface area contributed by atoms with Gasteiger partial charge in [-0.3, -0.25) is 9.59 Å². The summed E-state index contributed by atoms with van der Waals surface area (Å²) in [5, 5.41) is 12.5. The normalized spacial score (nSPS) is 13.6. The average molecular weight is 579 g/mol. The fraction of sp³-hybridized carbons (Fsp3) is 0.333. The number of carbonyl (C=O) groups excluding carboxylic acids is 2. The summed E-state index contributed by atoms with van der Waals surface area (Å²) in [6.45, 7) is 3.90. The minimum absolute atomic E-state index is 0.000230. The molecule has 0 saturated carbocycles. The quantitative estimate of drug-likeness (QED) is 0.359. The standard InChI is InChI=1S/C30H32ClFN6O3/c1-18(39)37-11-13-38(14-12-37)29-23-17-24(31)26(22-16-20(40)15-19-7-5-6-8-21(19)22)27(32)28(23)33-30(34-29)36(4)10-9-25(41)35(2)3/h5-8,15-17,40H,9-14H2,1-4H3. The Kier molecular flexibility index (Phi) is 7.86. The van der Waals surface area contributed by atoms with Crippen molar-refractivity contribution in [1.82, 2.24) is 19.8 Å². The lowest BCUT2D eigenvalue weighted by molar-refractivity contribution is -0.129. The van der Waals surface area contributed by atoms with E-state index >= 15 is 4.39 Å². The van der Waals surface area contributed by atoms with E-state index in [0.717, 1.165) is 10.8 Å². The van der Waals surface area contributed by atoms with Crippen molar-refractivity contribution in [2.45, 2.75) is 13.3 Å². The molecule has 0 bridgehead atoms. The lowest BCUT2D eigenvalue weighted by Crippen LogP contribution is -2.48. The zero-order valence-corrected chi connectivity index (χ0v) is 24.2. The van der Waals surface area contributed by atoms with Crippen LogP contribution in [0, 0.1) is 5.82 Å². The van der Waals surface area contributed by atoms with Crippen LogP contribution < -0.4 is 9.80 Å². The Morgan fingerprint density at radius 3 is 2.41 bits per heavy atom. The maximum atomic E-state index is 16.6. The molecule has 1 fully saturated rings. The molecule has 0 aliphatic carbocycles. The van der Waals surface area contributed by atoms with E-state index in [1.807, 2.05) is 29.2 Å². The summed E-state index contributed by atoms with van der Waals surface area (Å²) in [6.07, 6.45) is 0.237. The number of halogens is 2. The first kappa shape index (κ1) is 28.4. The Bertz CT molecular complexity index is 1660. The van der Waals surface area contributed by atoms with Crippen LogP contribution in [0.3, 0.4) is 0 Å². The third-order valence-electron chi connectivity index (χ3n) is 7.49. The molecule has 41 heavy (non-hydrogen) atoms. The van der Waals surface area contributed by atoms with Gasteiger partial charge in [0.15, 0.2) is 5.82 Å². The highest BCUT2D eigenvalue weighted by molar-refractivity contribution is 6.35. The van der Waals surface area contributed by atoms with Crippen molar-refractivity contribution in [2.24, 2.45) is 0 Å². The molecule has 1 aliphatic rings. The van der Waals surface area contributed by atoms with Gasteiger partial charge in [-0.15, -0.1) is 0 Å². The van der Waals surface area contributed by atoms with E-state index in [4.69, 9.17) is 16.6 Å². The second-order valence-corrected chi connectivity index (χ2v) is 10.9. The fourth-order valence-corrected chi connectivity index (χ4v) is 5.44. The third kappa shape index (κ3) is 5.56. The maximum Gasteiger partial charge on any atom is 0.227 e. The number of carbonyl (C=O) groups is 2. The van der Waals surface area contributed by atoms with Gasteiger partial charge in [-0.25, -0.2) is 9.37 Å². The highest BCUT2D eigenvalue weighted by Gasteiger charge is 2.27. The van der Waals surface area contributed by atoms with Gasteiger partial charge in [0.25, 0.3) is 0 Å². The summed E-state index contributed by atoms with van der Waals surface area (Å²) in [5.41, 5.74) is 0.664. The zero-order chi connectivity index (χ0) is 29.4. The van der Waals surface area contributed by atoms with Crippen LogP contribution in [0.2, 0.25) is 5.02 Å². The summed E-state index contributed by atoms with van der Waals surface area (Å²) >= 11 is 6.79. The molecule has 0 atom stereocenters. The lowest BCUT2D eigenvalue weighted by atomic mass is 9.96. The molecule has 1 aliphatic heterocycles. The van der Waals surface area contributed by atoms with Crippen LogP contribution in [0.5, 0.6) is 5.75 Å². The van der Waals surface area contributed by atoms with Gasteiger partial charge >= 0.3 is 0 Å². The third-order valence-corrected chi connectivity index (χ3v) is 7.79. The van der Waals surface area contributed by atoms with E-state index in [1.165, 1.54) is 11.0 Å². The van der Waals surface area contributed by atoms with E-state index in [1.54, 1.807) is 50.0 Å². The van der Waals surface area contributed by atoms with E-state index < -0.39 is 5.82 Å². The molecule has 11 heteroatoms. The van der Waals surface area contributed by atoms with Crippen molar-refractivity contribution in [2.75, 3.05) is 63.7 Å². The van der Waals surface area contributed by atoms with Crippen molar-refractivity contribution in [3.8, 4) is 16.9 Å². The molecule has 2 amide bonds. The number of fused-ring (bicyclic) bond motifs is 2. The second kappa shape index (κ2) is 11.4. The Labute approximate surface area is 242 Å². The fourth-order valence-electron chi connectivity index (χ4n) is 5.15. The minimum atomic E-state index is -0.631. The molecule has 1 aromatic heterocycles. The monoisotopic (exact) mass is 578 g/mol. The minimum Gasteiger partial charge on any atom is -0.508 e. The largest absolute Gasteiger partial charge is 0.508 e. The summed E-state index contributed by atoms with van der Waals surface area (Å²) in [6, 6.07) is 12.2. The number of aromatic hydroxyl groups is 1. The van der Waals surface area contributed by atoms with Crippen LogP contribution in [0.25, 0.3) is 32.8 Å². The summed E-state index contributed by atoms with van der Waals surface area (Å²) in [4.78, 5) is 40.6. The molecule has 2 heterocycles. The van der Waals surface area contributed by atoms with E-state index in [2.05, 4.69) is 4.98 Å². The van der Waals surface area contributed by atoms with Crippen LogP contribution in [-0.2, 0) is 9.59 Å². The van der Waals surface area contributed by atoms with Gasteiger partial charge in [0.05, 0.1) is 5.02 Å². The van der Waals surface area contributed by atoms with Gasteiger partial charge in [-0.1, -0.05) is 35.9 Å². The zero-order valence-electron chi connectivity index (χ0n) is 23.5. The van der Waals surface area contributed by atoms with E-state index in [-0.39, 0.29) is 46.0 Å². The van der Waals surface area contributed by atoms with Crippen molar-refractivity contribution in [1.29, 1.82) is 0 Å². The van der Waals surface area contributed by atoms with Gasteiger partial charge < -0.3 is 24.7 Å². The molecule has 3 aromatic carbocycles. The molecule has 0 radical (unpaired) electrons. The SMILES string of the molecule is CC(=O)N1CCN(c2nc(N(C)CCC(=O)N(C)C)nc3c(F)c(-c4cc(O)cc5ccccc45)c(Cl)cc23)CC1. The number of benzene rings is 3. The number of hydrogen-bond donors (Lipinski definition) is 1. The molecular weight excluding hydrogens is 547 g/mol. The van der Waals surface area contributed by atoms with Crippen LogP contribution in [0.4, 0.5) is 16.2 Å². The highest BCUT2D eigenvalue weighted by atomic mass is 35.5. The number of amides is 2. The Morgan fingerprint density at radius 2 is 1.73 bits per heavy atom. The van der Waals surface area contributed by atoms with Gasteiger partial charge in [-0.2, -0.15) is 4.98 Å². The molecule has 1 N–H and O–H groups in total. The first-order chi connectivity index (χ1) is 19.5. The van der Waals surface area contributed by atoms with E-state index in [0.29, 0.717) is 49.5 Å². The predicted octanol–water partition coefficient (Wildman–Crippen LogP) is 4.53. The van der Waals surface area contributed by atoms with Gasteiger partial charge in [0.2, 0.25) is 17.8 Å². The number of aromatic nitrogens is 2. The van der Waals surface area contributed by atoms with Crippen LogP contribution in [0.15, 0.2) is 42.5 Å². The summed E-state index contributed by atoms with van der Waals surface area (Å²) in [5.74, 6) is 0.0860. The smallest absolute Gasteiger partial charge is 0.227 e. The first-order valence-electron chi connectivity index (χ1n) is 13.4. The van der Waals surface area contributed by atoms with Gasteiger partial charge in [0.1, 0.15) is 17.1 Å². The number of nitrogens with zero attached hydrogens (tertiary/aromatic N) is 6. The van der Waals surface area contributed by atoms with Gasteiger partial charge in [-0.05, 0) is 34.5 Å². The average Bonchev–Trinajstić information content (AvgIpc) is 2.95. The van der Waals surface area contributed by atoms with Crippen LogP contribution >= 0.6 is 11.6 Å². The van der Waals surface area contributed by atoms with Crippen molar-refractivity contribution >= 4 is 56.9 Å². The highest BCUT2D eigenvalue weighted by Crippen LogP contribution is 2.42. The van der Waals surface area contributed by atoms with Gasteiger partial charge in [0, 0.05) is 78.2 Å². The number of hydrogen-bond acceptors (Lipinski definition) is 7. The topological polar surface area (TPSA) is 93.1 Å². The Balaban J connectivity index is 1.67. The molecule has 1 saturated heterocycles. The summed E-state index contributed by atoms with van der Waals surface area (Å²) < 4.78 is 16.6. The number of anilines is 2. The number of phenols is 1. The van der Waals surface area contributed by atoms with Crippen molar-refractivity contribution < 1.29 is 19.1 Å². The first-order valence-corrected chi connectivity index (χ1v) is 13.8. The Hall–Kier alpha value is -4.18. The maximum absolute atomic E-state index is 16.6. The second-order valence-electron chi connectivity index (χ2n) is 10.5. The molecule has 4 aromatic rings. The van der Waals surface area contributed by atoms with E-state index in [9.17, 15) is 14.7 Å². The van der Waals surface area contributed by atoms with Crippen molar-refractivity contribution in [3.05, 3.63) is 53.3 Å². The number of rotatable bonds is 6. The molecule has 214 valence electrons. The molecule has 0 unspecified atom stereocenters. The molecule has 5 rings (SSSR count). The molecular formula is C30H32ClFN6O3. The molecule has 0 spiro atoms.